The van der Waals surface area contributed by atoms with Gasteiger partial charge in [0.2, 0.25) is 0 Å². The molecule has 0 spiro atoms. The molecular weight excluding hydrogens is 396 g/mol. The van der Waals surface area contributed by atoms with Crippen LogP contribution >= 0.6 is 22.6 Å². The van der Waals surface area contributed by atoms with Gasteiger partial charge in [0, 0.05) is 0 Å². The average molecular weight is 409 g/mol. The molecule has 2 aromatic carbocycles. The van der Waals surface area contributed by atoms with Gasteiger partial charge in [-0.25, -0.2) is 4.39 Å². The lowest BCUT2D eigenvalue weighted by atomic mass is 10.0. The summed E-state index contributed by atoms with van der Waals surface area (Å²) in [6.45, 7) is 2.24. The number of phenolic OH excluding ortho intramolecular Hbond substituents is 1. The fraction of sp³-hybridized carbons (Fsp3) is 0.118. The largest absolute Gasteiger partial charge is 0.504 e. The van der Waals surface area contributed by atoms with E-state index in [1.807, 2.05) is 29.5 Å². The minimum Gasteiger partial charge on any atom is -0.504 e. The van der Waals surface area contributed by atoms with Crippen LogP contribution in [0, 0.1) is 20.7 Å². The first kappa shape index (κ1) is 16.3. The van der Waals surface area contributed by atoms with Crippen molar-refractivity contribution >= 4 is 34.2 Å². The Kier molecular flexibility index (Phi) is 5.39. The summed E-state index contributed by atoms with van der Waals surface area (Å²) >= 11 is 1.99. The number of hydrogen-bond acceptors (Lipinski definition) is 3. The summed E-state index contributed by atoms with van der Waals surface area (Å²) in [5.41, 5.74) is 1.54. The van der Waals surface area contributed by atoms with Gasteiger partial charge >= 0.3 is 0 Å². The third-order valence-corrected chi connectivity index (χ3v) is 3.74. The third kappa shape index (κ3) is 3.77. The highest BCUT2D eigenvalue weighted by atomic mass is 127. The summed E-state index contributed by atoms with van der Waals surface area (Å²) in [6.07, 6.45) is 1.64. The maximum atomic E-state index is 13.3. The maximum Gasteiger partial charge on any atom is 0.171 e. The number of phenols is 1. The van der Waals surface area contributed by atoms with E-state index in [2.05, 4.69) is 6.07 Å². The highest BCUT2D eigenvalue weighted by Gasteiger charge is 2.09. The fourth-order valence-electron chi connectivity index (χ4n) is 1.95. The Morgan fingerprint density at radius 2 is 2.18 bits per heavy atom. The van der Waals surface area contributed by atoms with Gasteiger partial charge in [-0.1, -0.05) is 12.1 Å². The molecule has 5 heteroatoms. The van der Waals surface area contributed by atoms with Crippen molar-refractivity contribution in [2.24, 2.45) is 0 Å². The van der Waals surface area contributed by atoms with Gasteiger partial charge in [0.1, 0.15) is 5.82 Å². The number of nitriles is 1. The molecule has 1 N–H and O–H groups in total. The molecule has 0 radical (unpaired) electrons. The van der Waals surface area contributed by atoms with E-state index in [9.17, 15) is 14.8 Å². The quantitative estimate of drug-likeness (QED) is 0.456. The van der Waals surface area contributed by atoms with Gasteiger partial charge in [-0.2, -0.15) is 5.26 Å². The van der Waals surface area contributed by atoms with Crippen molar-refractivity contribution in [2.75, 3.05) is 6.61 Å². The molecule has 2 rings (SSSR count). The Morgan fingerprint density at radius 3 is 2.82 bits per heavy atom. The molecule has 0 saturated carbocycles. The second kappa shape index (κ2) is 7.27. The molecule has 3 nitrogen and oxygen atoms in total. The lowest BCUT2D eigenvalue weighted by molar-refractivity contribution is 0.317. The zero-order valence-electron chi connectivity index (χ0n) is 11.8. The molecule has 0 aromatic heterocycles. The molecule has 0 heterocycles. The Hall–Kier alpha value is -2.07. The minimum atomic E-state index is -0.394. The van der Waals surface area contributed by atoms with E-state index in [-0.39, 0.29) is 5.75 Å². The normalized spacial score (nSPS) is 11.1. The first-order valence-corrected chi connectivity index (χ1v) is 7.66. The smallest absolute Gasteiger partial charge is 0.171 e. The predicted octanol–water partition coefficient (Wildman–Crippen LogP) is 4.60. The monoisotopic (exact) mass is 409 g/mol. The van der Waals surface area contributed by atoms with E-state index in [1.165, 1.54) is 12.1 Å². The van der Waals surface area contributed by atoms with Crippen LogP contribution in [0.5, 0.6) is 11.5 Å². The third-order valence-electron chi connectivity index (χ3n) is 2.92. The van der Waals surface area contributed by atoms with Crippen LogP contribution in [0.15, 0.2) is 36.4 Å². The number of rotatable bonds is 4. The van der Waals surface area contributed by atoms with Gasteiger partial charge in [-0.05, 0) is 71.0 Å². The Morgan fingerprint density at radius 1 is 1.41 bits per heavy atom. The molecule has 112 valence electrons. The average Bonchev–Trinajstić information content (AvgIpc) is 2.50. The van der Waals surface area contributed by atoms with Crippen molar-refractivity contribution in [3.8, 4) is 17.6 Å². The van der Waals surface area contributed by atoms with Gasteiger partial charge in [-0.15, -0.1) is 0 Å². The van der Waals surface area contributed by atoms with Crippen LogP contribution in [0.2, 0.25) is 0 Å². The van der Waals surface area contributed by atoms with Crippen molar-refractivity contribution in [3.05, 3.63) is 56.9 Å². The number of aromatic hydroxyl groups is 1. The summed E-state index contributed by atoms with van der Waals surface area (Å²) in [4.78, 5) is 0. The van der Waals surface area contributed by atoms with Gasteiger partial charge in [0.05, 0.1) is 21.8 Å². The lowest BCUT2D eigenvalue weighted by Crippen LogP contribution is -1.94. The number of nitrogens with zero attached hydrogens (tertiary/aromatic N) is 1. The minimum absolute atomic E-state index is 0.0730. The SMILES string of the molecule is CCOc1cc(/C=C(/C#N)c2cccc(F)c2)cc(I)c1O. The van der Waals surface area contributed by atoms with Crippen LogP contribution in [0.3, 0.4) is 0 Å². The predicted molar refractivity (Wildman–Crippen MR) is 91.9 cm³/mol. The lowest BCUT2D eigenvalue weighted by Gasteiger charge is -2.09. The molecule has 0 aliphatic rings. The standard InChI is InChI=1S/C17H13FINO2/c1-2-22-16-8-11(7-15(19)17(16)21)6-13(10-20)12-4-3-5-14(18)9-12/h3-9,21H,2H2,1H3/b13-6-. The number of allylic oxidation sites excluding steroid dienone is 1. The van der Waals surface area contributed by atoms with Crippen LogP contribution in [0.25, 0.3) is 11.6 Å². The van der Waals surface area contributed by atoms with Crippen molar-refractivity contribution in [2.45, 2.75) is 6.92 Å². The summed E-state index contributed by atoms with van der Waals surface area (Å²) in [5.74, 6) is 0.0370. The van der Waals surface area contributed by atoms with E-state index >= 15 is 0 Å². The first-order chi connectivity index (χ1) is 10.5. The molecule has 0 saturated heterocycles. The number of ether oxygens (including phenoxy) is 1. The summed E-state index contributed by atoms with van der Waals surface area (Å²) in [5, 5.41) is 19.2. The molecule has 0 aliphatic carbocycles. The Balaban J connectivity index is 2.48. The Bertz CT molecular complexity index is 766. The van der Waals surface area contributed by atoms with Crippen molar-refractivity contribution < 1.29 is 14.2 Å². The van der Waals surface area contributed by atoms with Crippen LogP contribution in [0.4, 0.5) is 4.39 Å². The Labute approximate surface area is 141 Å². The molecule has 22 heavy (non-hydrogen) atoms. The molecule has 0 aliphatic heterocycles. The molecule has 0 amide bonds. The molecule has 0 bridgehead atoms. The summed E-state index contributed by atoms with van der Waals surface area (Å²) in [7, 11) is 0. The van der Waals surface area contributed by atoms with Crippen LogP contribution in [-0.4, -0.2) is 11.7 Å². The van der Waals surface area contributed by atoms with Crippen molar-refractivity contribution in [1.29, 1.82) is 5.26 Å². The number of benzene rings is 2. The second-order valence-electron chi connectivity index (χ2n) is 4.46. The summed E-state index contributed by atoms with van der Waals surface area (Å²) in [6, 6.07) is 11.3. The van der Waals surface area contributed by atoms with E-state index < -0.39 is 5.82 Å². The first-order valence-electron chi connectivity index (χ1n) is 6.58. The second-order valence-corrected chi connectivity index (χ2v) is 5.62. The van der Waals surface area contributed by atoms with Crippen molar-refractivity contribution in [1.82, 2.24) is 0 Å². The van der Waals surface area contributed by atoms with Gasteiger partial charge in [0.25, 0.3) is 0 Å². The molecule has 0 unspecified atom stereocenters. The zero-order chi connectivity index (χ0) is 16.1. The zero-order valence-corrected chi connectivity index (χ0v) is 14.0. The van der Waals surface area contributed by atoms with Crippen LogP contribution < -0.4 is 4.74 Å². The summed E-state index contributed by atoms with van der Waals surface area (Å²) < 4.78 is 19.3. The molecule has 0 atom stereocenters. The van der Waals surface area contributed by atoms with Crippen molar-refractivity contribution in [3.63, 3.8) is 0 Å². The van der Waals surface area contributed by atoms with Gasteiger partial charge in [-0.3, -0.25) is 0 Å². The van der Waals surface area contributed by atoms with E-state index in [0.717, 1.165) is 0 Å². The van der Waals surface area contributed by atoms with Gasteiger partial charge < -0.3 is 9.84 Å². The fourth-order valence-corrected chi connectivity index (χ4v) is 2.57. The van der Waals surface area contributed by atoms with E-state index in [4.69, 9.17) is 4.74 Å². The van der Waals surface area contributed by atoms with E-state index in [0.29, 0.717) is 32.6 Å². The molecule has 0 fully saturated rings. The maximum absolute atomic E-state index is 13.3. The topological polar surface area (TPSA) is 53.2 Å². The highest BCUT2D eigenvalue weighted by molar-refractivity contribution is 14.1. The van der Waals surface area contributed by atoms with E-state index in [1.54, 1.807) is 30.3 Å². The van der Waals surface area contributed by atoms with Gasteiger partial charge in [0.15, 0.2) is 11.5 Å². The number of halogens is 2. The van der Waals surface area contributed by atoms with Crippen LogP contribution in [0.1, 0.15) is 18.1 Å². The number of hydrogen-bond donors (Lipinski definition) is 1. The molecular formula is C17H13FINO2. The van der Waals surface area contributed by atoms with Crippen LogP contribution in [-0.2, 0) is 0 Å². The molecule has 2 aromatic rings. The highest BCUT2D eigenvalue weighted by Crippen LogP contribution is 2.34.